The van der Waals surface area contributed by atoms with E-state index in [1.54, 1.807) is 0 Å². The van der Waals surface area contributed by atoms with Crippen molar-refractivity contribution in [2.75, 3.05) is 11.0 Å². The lowest BCUT2D eigenvalue weighted by molar-refractivity contribution is -0.141. The number of fused-ring (bicyclic) bond motifs is 4. The number of rotatable bonds is 13. The number of carbonyl (C=O) groups excluding carboxylic acids is 1. The van der Waals surface area contributed by atoms with Crippen molar-refractivity contribution in [3.63, 3.8) is 0 Å². The molecule has 0 unspecified atom stereocenters. The SMILES string of the molecule is CC(C)(C#Cc1ccc(-c2ccc(Cl)c3c(NS(C)(=O)=O)nn(CC(F)(F)F)c23)c([C@H](Cc2cc(F)cc(F)c2)NC(=O)Cn2nc(C(F)F)c3c2C(F)(F)[C@@H]2C[C@H]32)n1)S(=O)(=O)C1CC1. The van der Waals surface area contributed by atoms with Gasteiger partial charge in [-0.25, -0.2) is 39.4 Å². The minimum absolute atomic E-state index is 0.0626. The molecule has 346 valence electrons. The Hall–Kier alpha value is -5.34. The quantitative estimate of drug-likeness (QED) is 0.0885. The molecule has 3 aliphatic rings. The van der Waals surface area contributed by atoms with Crippen LogP contribution in [0.1, 0.15) is 85.4 Å². The maximum atomic E-state index is 15.5. The Morgan fingerprint density at radius 1 is 0.969 bits per heavy atom. The zero-order chi connectivity index (χ0) is 47.3. The molecule has 8 rings (SSSR count). The lowest BCUT2D eigenvalue weighted by Crippen LogP contribution is -2.35. The van der Waals surface area contributed by atoms with Gasteiger partial charge in [-0.1, -0.05) is 23.6 Å². The van der Waals surface area contributed by atoms with Gasteiger partial charge in [-0.15, -0.1) is 0 Å². The van der Waals surface area contributed by atoms with Crippen molar-refractivity contribution >= 4 is 54.1 Å². The molecular formula is C41H35ClF9N7O5S2. The Bertz CT molecular complexity index is 3070. The number of hydrogen-bond acceptors (Lipinski definition) is 8. The monoisotopic (exact) mass is 975 g/mol. The van der Waals surface area contributed by atoms with Crippen molar-refractivity contribution < 1.29 is 61.1 Å². The summed E-state index contributed by atoms with van der Waals surface area (Å²) in [7, 11) is -7.97. The van der Waals surface area contributed by atoms with Gasteiger partial charge in [0.1, 0.15) is 46.6 Å². The van der Waals surface area contributed by atoms with Crippen molar-refractivity contribution in [3.05, 3.63) is 93.0 Å². The Balaban J connectivity index is 1.32. The summed E-state index contributed by atoms with van der Waals surface area (Å²) in [6, 6.07) is 5.68. The number of aromatic nitrogens is 5. The van der Waals surface area contributed by atoms with Crippen molar-refractivity contribution in [3.8, 4) is 23.0 Å². The molecule has 3 aliphatic carbocycles. The molecule has 0 radical (unpaired) electrons. The van der Waals surface area contributed by atoms with E-state index in [1.165, 1.54) is 38.1 Å². The number of carbonyl (C=O) groups is 1. The summed E-state index contributed by atoms with van der Waals surface area (Å²) in [5.74, 6) is -4.28. The Labute approximate surface area is 369 Å². The number of nitrogens with one attached hydrogen (secondary N) is 2. The standard InChI is InChI=1S/C41H35ClF9N7O5S2/c1-39(2,65(62,63)23-5-6-23)11-10-22-4-7-24(25-8-9-28(42)32-35(25)58(18-40(47,48)49)55-38(32)56-64(3,60)61)33(52-22)29(14-19-12-20(43)15-21(44)13-19)53-30(59)17-57-36-31(34(54-57)37(45)46)26-16-27(26)41(36,50)51/h4,7-9,12-13,15,23,26-27,29,37H,5-6,14,16-18H2,1-3H3,(H,53,59)(H,55,56)/t26-,27+,29-/m0/s1. The molecule has 3 heterocycles. The Morgan fingerprint density at radius 3 is 2.25 bits per heavy atom. The predicted octanol–water partition coefficient (Wildman–Crippen LogP) is 8.11. The summed E-state index contributed by atoms with van der Waals surface area (Å²) in [6.07, 6.45) is -7.28. The second-order valence-electron chi connectivity index (χ2n) is 16.7. The highest BCUT2D eigenvalue weighted by atomic mass is 35.5. The molecule has 2 aromatic carbocycles. The first-order valence-corrected chi connectivity index (χ1v) is 23.5. The number of anilines is 1. The molecule has 2 N–H and O–H groups in total. The molecule has 24 heteroatoms. The fourth-order valence-electron chi connectivity index (χ4n) is 8.28. The normalized spacial score (nSPS) is 18.6. The number of sulfonamides is 1. The Morgan fingerprint density at radius 2 is 1.63 bits per heavy atom. The van der Waals surface area contributed by atoms with Crippen molar-refractivity contribution in [2.24, 2.45) is 5.92 Å². The summed E-state index contributed by atoms with van der Waals surface area (Å²) in [5.41, 5.74) is -3.47. The number of halogens is 10. The highest BCUT2D eigenvalue weighted by Gasteiger charge is 2.67. The summed E-state index contributed by atoms with van der Waals surface area (Å²) >= 11 is 6.50. The number of nitrogens with zero attached hydrogens (tertiary/aromatic N) is 5. The van der Waals surface area contributed by atoms with Crippen molar-refractivity contribution in [2.45, 2.75) is 93.1 Å². The van der Waals surface area contributed by atoms with E-state index in [0.717, 1.165) is 18.4 Å². The molecule has 2 fully saturated rings. The molecule has 0 spiro atoms. The first-order valence-electron chi connectivity index (χ1n) is 19.7. The summed E-state index contributed by atoms with van der Waals surface area (Å²) in [5, 5.41) is 8.93. The third-order valence-corrected chi connectivity index (χ3v) is 15.1. The Kier molecular flexibility index (Phi) is 11.3. The fourth-order valence-corrected chi connectivity index (χ4v) is 10.8. The van der Waals surface area contributed by atoms with Gasteiger partial charge in [0.05, 0.1) is 39.2 Å². The second kappa shape index (κ2) is 15.9. The molecule has 65 heavy (non-hydrogen) atoms. The van der Waals surface area contributed by atoms with E-state index in [1.807, 2.05) is 0 Å². The lowest BCUT2D eigenvalue weighted by Gasteiger charge is -2.23. The van der Waals surface area contributed by atoms with E-state index < -0.39 is 126 Å². The molecule has 1 amide bonds. The topological polar surface area (TPSA) is 158 Å². The van der Waals surface area contributed by atoms with Crippen LogP contribution in [0.3, 0.4) is 0 Å². The van der Waals surface area contributed by atoms with E-state index in [2.05, 4.69) is 37.1 Å². The van der Waals surface area contributed by atoms with Gasteiger partial charge in [-0.2, -0.15) is 32.1 Å². The first-order chi connectivity index (χ1) is 30.1. The summed E-state index contributed by atoms with van der Waals surface area (Å²) < 4.78 is 184. The number of hydrogen-bond donors (Lipinski definition) is 2. The molecule has 12 nitrogen and oxygen atoms in total. The summed E-state index contributed by atoms with van der Waals surface area (Å²) in [4.78, 5) is 18.7. The number of amides is 1. The van der Waals surface area contributed by atoms with E-state index in [0.29, 0.717) is 28.3 Å². The zero-order valence-electron chi connectivity index (χ0n) is 34.0. The zero-order valence-corrected chi connectivity index (χ0v) is 36.4. The molecule has 3 atom stereocenters. The van der Waals surface area contributed by atoms with Crippen molar-refractivity contribution in [1.82, 2.24) is 29.9 Å². The van der Waals surface area contributed by atoms with E-state index in [9.17, 15) is 52.4 Å². The molecular weight excluding hydrogens is 941 g/mol. The third-order valence-electron chi connectivity index (χ3n) is 11.3. The van der Waals surface area contributed by atoms with Crippen LogP contribution >= 0.6 is 11.6 Å². The van der Waals surface area contributed by atoms with Gasteiger partial charge in [0.25, 0.3) is 12.3 Å². The van der Waals surface area contributed by atoms with Gasteiger partial charge >= 0.3 is 6.18 Å². The number of pyridine rings is 1. The van der Waals surface area contributed by atoms with Crippen LogP contribution in [-0.2, 0) is 50.1 Å². The van der Waals surface area contributed by atoms with E-state index >= 15 is 8.78 Å². The predicted molar refractivity (Wildman–Crippen MR) is 218 cm³/mol. The molecule has 3 aromatic heterocycles. The van der Waals surface area contributed by atoms with Gasteiger partial charge in [-0.05, 0) is 87.3 Å². The number of sulfone groups is 1. The van der Waals surface area contributed by atoms with Crippen molar-refractivity contribution in [1.29, 1.82) is 0 Å². The minimum atomic E-state index is -4.96. The first kappa shape index (κ1) is 46.2. The fraction of sp³-hybridized carbons (Fsp3) is 0.415. The molecule has 0 aliphatic heterocycles. The van der Waals surface area contributed by atoms with Gasteiger partial charge in [0.15, 0.2) is 15.7 Å². The number of benzene rings is 2. The third kappa shape index (κ3) is 9.00. The van der Waals surface area contributed by atoms with Crippen LogP contribution < -0.4 is 10.0 Å². The van der Waals surface area contributed by atoms with E-state index in [-0.39, 0.29) is 50.5 Å². The smallest absolute Gasteiger partial charge is 0.346 e. The molecule has 0 saturated heterocycles. The maximum Gasteiger partial charge on any atom is 0.408 e. The molecule has 0 bridgehead atoms. The molecule has 5 aromatic rings. The van der Waals surface area contributed by atoms with Gasteiger partial charge in [-0.3, -0.25) is 18.9 Å². The second-order valence-corrected chi connectivity index (χ2v) is 21.7. The van der Waals surface area contributed by atoms with Crippen LogP contribution in [0.25, 0.3) is 22.0 Å². The highest BCUT2D eigenvalue weighted by Crippen LogP contribution is 2.68. The van der Waals surface area contributed by atoms with Crippen LogP contribution in [-0.4, -0.2) is 69.7 Å². The van der Waals surface area contributed by atoms with Gasteiger partial charge in [0, 0.05) is 28.7 Å². The van der Waals surface area contributed by atoms with Gasteiger partial charge in [0.2, 0.25) is 15.9 Å². The van der Waals surface area contributed by atoms with Crippen LogP contribution in [0.2, 0.25) is 5.02 Å². The van der Waals surface area contributed by atoms with Crippen LogP contribution in [0.4, 0.5) is 45.3 Å². The van der Waals surface area contributed by atoms with Crippen LogP contribution in [0.15, 0.2) is 42.5 Å². The molecule has 2 saturated carbocycles. The van der Waals surface area contributed by atoms with E-state index in [4.69, 9.17) is 11.6 Å². The highest BCUT2D eigenvalue weighted by molar-refractivity contribution is 7.93. The maximum absolute atomic E-state index is 15.5. The summed E-state index contributed by atoms with van der Waals surface area (Å²) in [6.45, 7) is -0.123. The number of alkyl halides is 7. The largest absolute Gasteiger partial charge is 0.408 e. The lowest BCUT2D eigenvalue weighted by atomic mass is 9.93. The van der Waals surface area contributed by atoms with Gasteiger partial charge < -0.3 is 5.32 Å². The average Bonchev–Trinajstić information content (AvgIpc) is 4.10. The minimum Gasteiger partial charge on any atom is -0.346 e. The van der Waals surface area contributed by atoms with Crippen LogP contribution in [0.5, 0.6) is 0 Å². The average molecular weight is 976 g/mol. The van der Waals surface area contributed by atoms with Crippen LogP contribution in [0, 0.1) is 29.4 Å².